The monoisotopic (exact) mass is 518 g/mol. The fraction of sp³-hybridized carbons (Fsp3) is 0.348. The van der Waals surface area contributed by atoms with Crippen molar-refractivity contribution >= 4 is 27.8 Å². The second-order valence-corrected chi connectivity index (χ2v) is 8.46. The molecule has 10 heteroatoms. The van der Waals surface area contributed by atoms with E-state index in [1.165, 1.54) is 12.3 Å². The number of pyridine rings is 1. The van der Waals surface area contributed by atoms with Gasteiger partial charge in [-0.05, 0) is 60.1 Å². The third kappa shape index (κ3) is 6.83. The van der Waals surface area contributed by atoms with Gasteiger partial charge in [-0.15, -0.1) is 0 Å². The number of methoxy groups -OCH3 is 1. The first kappa shape index (κ1) is 24.8. The SMILES string of the molecule is COCCN1CCC(c2ccc(F)cn2)C1.Cc1nn(-c2ccccc2)c(NC(N)=O)c1Br. The number of nitrogens with zero attached hydrogens (tertiary/aromatic N) is 4. The molecular formula is C23H28BrFN6O2. The molecule has 1 saturated heterocycles. The van der Waals surface area contributed by atoms with E-state index in [2.05, 4.69) is 36.2 Å². The zero-order chi connectivity index (χ0) is 23.8. The summed E-state index contributed by atoms with van der Waals surface area (Å²) in [5.74, 6) is 0.705. The fourth-order valence-electron chi connectivity index (χ4n) is 3.62. The number of benzene rings is 1. The van der Waals surface area contributed by atoms with Crippen molar-refractivity contribution in [2.45, 2.75) is 19.3 Å². The molecule has 1 aliphatic rings. The zero-order valence-electron chi connectivity index (χ0n) is 18.7. The molecular weight excluding hydrogens is 491 g/mol. The zero-order valence-corrected chi connectivity index (χ0v) is 20.3. The first-order valence-corrected chi connectivity index (χ1v) is 11.4. The number of likely N-dealkylation sites (tertiary alicyclic amines) is 1. The quantitative estimate of drug-likeness (QED) is 0.512. The first-order valence-electron chi connectivity index (χ1n) is 10.6. The molecule has 1 aliphatic heterocycles. The van der Waals surface area contributed by atoms with E-state index in [4.69, 9.17) is 10.5 Å². The predicted molar refractivity (Wildman–Crippen MR) is 129 cm³/mol. The molecule has 4 rings (SSSR count). The Labute approximate surface area is 201 Å². The number of carbonyl (C=O) groups is 1. The molecule has 3 heterocycles. The molecule has 33 heavy (non-hydrogen) atoms. The number of rotatable bonds is 6. The summed E-state index contributed by atoms with van der Waals surface area (Å²) in [6.07, 6.45) is 2.40. The molecule has 0 aliphatic carbocycles. The molecule has 2 amide bonds. The maximum Gasteiger partial charge on any atom is 0.317 e. The van der Waals surface area contributed by atoms with Gasteiger partial charge in [0.2, 0.25) is 0 Å². The highest BCUT2D eigenvalue weighted by molar-refractivity contribution is 9.10. The van der Waals surface area contributed by atoms with Gasteiger partial charge in [0.15, 0.2) is 5.82 Å². The lowest BCUT2D eigenvalue weighted by Gasteiger charge is -2.14. The molecule has 1 atom stereocenters. The van der Waals surface area contributed by atoms with Crippen LogP contribution in [0.3, 0.4) is 0 Å². The molecule has 8 nitrogen and oxygen atoms in total. The number of urea groups is 1. The van der Waals surface area contributed by atoms with E-state index in [-0.39, 0.29) is 5.82 Å². The molecule has 0 bridgehead atoms. The first-order chi connectivity index (χ1) is 15.9. The van der Waals surface area contributed by atoms with Gasteiger partial charge in [-0.3, -0.25) is 10.3 Å². The summed E-state index contributed by atoms with van der Waals surface area (Å²) in [6, 6.07) is 12.2. The number of aryl methyl sites for hydroxylation is 1. The Morgan fingerprint density at radius 2 is 2.06 bits per heavy atom. The molecule has 0 saturated carbocycles. The minimum Gasteiger partial charge on any atom is -0.383 e. The van der Waals surface area contributed by atoms with Crippen molar-refractivity contribution in [1.82, 2.24) is 19.7 Å². The van der Waals surface area contributed by atoms with Crippen LogP contribution in [-0.4, -0.2) is 59.0 Å². The van der Waals surface area contributed by atoms with E-state index in [0.29, 0.717) is 11.7 Å². The van der Waals surface area contributed by atoms with Crippen molar-refractivity contribution in [3.8, 4) is 5.69 Å². The second-order valence-electron chi connectivity index (χ2n) is 7.66. The van der Waals surface area contributed by atoms with Crippen LogP contribution in [0.4, 0.5) is 15.0 Å². The van der Waals surface area contributed by atoms with Gasteiger partial charge in [0.05, 0.1) is 28.7 Å². The van der Waals surface area contributed by atoms with Crippen LogP contribution in [0.15, 0.2) is 53.1 Å². The fourth-order valence-corrected chi connectivity index (χ4v) is 3.96. The number of amides is 2. The molecule has 2 aromatic heterocycles. The van der Waals surface area contributed by atoms with Gasteiger partial charge in [0.1, 0.15) is 5.82 Å². The number of primary amides is 1. The van der Waals surface area contributed by atoms with Crippen molar-refractivity contribution in [3.05, 3.63) is 70.3 Å². The predicted octanol–water partition coefficient (Wildman–Crippen LogP) is 4.09. The Morgan fingerprint density at radius 3 is 2.70 bits per heavy atom. The number of carbonyl (C=O) groups excluding carboxylic acids is 1. The van der Waals surface area contributed by atoms with Gasteiger partial charge in [0.25, 0.3) is 0 Å². The number of hydrogen-bond acceptors (Lipinski definition) is 5. The Morgan fingerprint density at radius 1 is 1.30 bits per heavy atom. The Balaban J connectivity index is 0.000000186. The number of para-hydroxylation sites is 1. The van der Waals surface area contributed by atoms with Crippen LogP contribution in [0.2, 0.25) is 0 Å². The van der Waals surface area contributed by atoms with E-state index in [1.807, 2.05) is 37.3 Å². The molecule has 3 aromatic rings. The van der Waals surface area contributed by atoms with Crippen LogP contribution in [0, 0.1) is 12.7 Å². The number of hydrogen-bond donors (Lipinski definition) is 2. The van der Waals surface area contributed by atoms with Gasteiger partial charge < -0.3 is 15.4 Å². The molecule has 1 fully saturated rings. The topological polar surface area (TPSA) is 98.3 Å². The summed E-state index contributed by atoms with van der Waals surface area (Å²) in [4.78, 5) is 17.5. The maximum absolute atomic E-state index is 12.7. The number of nitrogens with two attached hydrogens (primary N) is 1. The van der Waals surface area contributed by atoms with Gasteiger partial charge in [0, 0.05) is 31.8 Å². The van der Waals surface area contributed by atoms with E-state index >= 15 is 0 Å². The number of anilines is 1. The van der Waals surface area contributed by atoms with Crippen LogP contribution in [0.1, 0.15) is 23.7 Å². The lowest BCUT2D eigenvalue weighted by Crippen LogP contribution is -2.24. The Bertz CT molecular complexity index is 1050. The minimum absolute atomic E-state index is 0.266. The summed E-state index contributed by atoms with van der Waals surface area (Å²) in [7, 11) is 1.72. The summed E-state index contributed by atoms with van der Waals surface area (Å²) in [6.45, 7) is 5.66. The van der Waals surface area contributed by atoms with Crippen molar-refractivity contribution in [2.75, 3.05) is 38.7 Å². The Hall–Kier alpha value is -2.82. The average Bonchev–Trinajstić information content (AvgIpc) is 3.39. The summed E-state index contributed by atoms with van der Waals surface area (Å²) in [5.41, 5.74) is 7.77. The van der Waals surface area contributed by atoms with Crippen molar-refractivity contribution in [1.29, 1.82) is 0 Å². The number of nitrogens with one attached hydrogen (secondary N) is 1. The van der Waals surface area contributed by atoms with Gasteiger partial charge in [-0.2, -0.15) is 5.10 Å². The van der Waals surface area contributed by atoms with Crippen molar-refractivity contribution in [2.24, 2.45) is 5.73 Å². The highest BCUT2D eigenvalue weighted by Crippen LogP contribution is 2.28. The molecule has 3 N–H and O–H groups in total. The number of ether oxygens (including phenoxy) is 1. The lowest BCUT2D eigenvalue weighted by atomic mass is 10.0. The maximum atomic E-state index is 12.7. The largest absolute Gasteiger partial charge is 0.383 e. The summed E-state index contributed by atoms with van der Waals surface area (Å²) >= 11 is 3.37. The normalized spacial score (nSPS) is 15.7. The van der Waals surface area contributed by atoms with E-state index in [1.54, 1.807) is 17.9 Å². The third-order valence-electron chi connectivity index (χ3n) is 5.28. The highest BCUT2D eigenvalue weighted by atomic mass is 79.9. The van der Waals surface area contributed by atoms with Crippen LogP contribution < -0.4 is 11.1 Å². The lowest BCUT2D eigenvalue weighted by molar-refractivity contribution is 0.160. The van der Waals surface area contributed by atoms with Gasteiger partial charge in [-0.1, -0.05) is 18.2 Å². The van der Waals surface area contributed by atoms with Crippen LogP contribution in [0.5, 0.6) is 0 Å². The van der Waals surface area contributed by atoms with E-state index in [9.17, 15) is 9.18 Å². The van der Waals surface area contributed by atoms with Crippen LogP contribution in [-0.2, 0) is 4.74 Å². The molecule has 0 spiro atoms. The second kappa shape index (κ2) is 11.9. The smallest absolute Gasteiger partial charge is 0.317 e. The number of halogens is 2. The Kier molecular flexibility index (Phi) is 8.93. The third-order valence-corrected chi connectivity index (χ3v) is 6.23. The van der Waals surface area contributed by atoms with E-state index in [0.717, 1.165) is 54.2 Å². The van der Waals surface area contributed by atoms with Crippen molar-refractivity contribution in [3.63, 3.8) is 0 Å². The van der Waals surface area contributed by atoms with E-state index < -0.39 is 6.03 Å². The van der Waals surface area contributed by atoms with Crippen LogP contribution >= 0.6 is 15.9 Å². The molecule has 0 radical (unpaired) electrons. The molecule has 176 valence electrons. The van der Waals surface area contributed by atoms with Gasteiger partial charge in [-0.25, -0.2) is 13.9 Å². The number of aromatic nitrogens is 3. The van der Waals surface area contributed by atoms with Gasteiger partial charge >= 0.3 is 6.03 Å². The summed E-state index contributed by atoms with van der Waals surface area (Å²) in [5, 5.41) is 6.89. The van der Waals surface area contributed by atoms with Crippen LogP contribution in [0.25, 0.3) is 5.69 Å². The standard InChI is InChI=1S/C12H17FN2O.C11H11BrN4O/c1-16-7-6-15-5-4-10(9-15)12-3-2-11(13)8-14-12;1-7-9(12)10(14-11(13)17)16(15-7)8-5-3-2-4-6-8/h2-3,8,10H,4-7,9H2,1H3;2-6H,1H3,(H3,13,14,17). The van der Waals surface area contributed by atoms with Crippen molar-refractivity contribution < 1.29 is 13.9 Å². The summed E-state index contributed by atoms with van der Waals surface area (Å²) < 4.78 is 20.1. The average molecular weight is 519 g/mol. The highest BCUT2D eigenvalue weighted by Gasteiger charge is 2.24. The minimum atomic E-state index is -0.622. The molecule has 1 unspecified atom stereocenters. The molecule has 1 aromatic carbocycles.